The SMILES string of the molecule is Nc1ccc(Cl)c2c1oc1nc3ccncc3cc12. The number of aromatic nitrogens is 2. The maximum atomic E-state index is 6.24. The van der Waals surface area contributed by atoms with E-state index in [0.717, 1.165) is 21.7 Å². The summed E-state index contributed by atoms with van der Waals surface area (Å²) in [6.07, 6.45) is 3.46. The fourth-order valence-electron chi connectivity index (χ4n) is 2.29. The molecule has 0 unspecified atom stereocenters. The van der Waals surface area contributed by atoms with Crippen LogP contribution in [0.15, 0.2) is 41.1 Å². The van der Waals surface area contributed by atoms with Gasteiger partial charge >= 0.3 is 0 Å². The van der Waals surface area contributed by atoms with E-state index in [2.05, 4.69) is 9.97 Å². The van der Waals surface area contributed by atoms with Crippen LogP contribution in [0.1, 0.15) is 0 Å². The van der Waals surface area contributed by atoms with Gasteiger partial charge in [0.15, 0.2) is 5.58 Å². The molecule has 1 aromatic carbocycles. The molecule has 0 fully saturated rings. The van der Waals surface area contributed by atoms with Crippen LogP contribution in [-0.2, 0) is 0 Å². The number of nitrogens with two attached hydrogens (primary N) is 1. The molecule has 5 heteroatoms. The number of fused-ring (bicyclic) bond motifs is 4. The smallest absolute Gasteiger partial charge is 0.228 e. The molecular formula is C14H8ClN3O. The number of nitrogen functional groups attached to an aromatic ring is 1. The van der Waals surface area contributed by atoms with Gasteiger partial charge < -0.3 is 10.2 Å². The molecule has 4 nitrogen and oxygen atoms in total. The number of halogens is 1. The van der Waals surface area contributed by atoms with Gasteiger partial charge in [-0.25, -0.2) is 4.98 Å². The monoisotopic (exact) mass is 269 g/mol. The molecule has 0 aliphatic heterocycles. The molecule has 0 aliphatic carbocycles. The van der Waals surface area contributed by atoms with E-state index < -0.39 is 0 Å². The first-order valence-corrected chi connectivity index (χ1v) is 6.13. The first-order valence-electron chi connectivity index (χ1n) is 5.75. The predicted octanol–water partition coefficient (Wildman–Crippen LogP) is 3.76. The second-order valence-corrected chi connectivity index (χ2v) is 4.76. The molecular weight excluding hydrogens is 262 g/mol. The van der Waals surface area contributed by atoms with Crippen LogP contribution in [-0.4, -0.2) is 9.97 Å². The molecule has 4 aromatic rings. The maximum absolute atomic E-state index is 6.24. The van der Waals surface area contributed by atoms with Crippen LogP contribution >= 0.6 is 11.6 Å². The lowest BCUT2D eigenvalue weighted by atomic mass is 10.1. The molecule has 0 spiro atoms. The first kappa shape index (κ1) is 10.6. The Morgan fingerprint density at radius 1 is 1.21 bits per heavy atom. The standard InChI is InChI=1S/C14H8ClN3O/c15-9-1-2-10(16)13-12(9)8-5-7-6-17-4-3-11(7)18-14(8)19-13/h1-6H,16H2. The van der Waals surface area contributed by atoms with Crippen molar-refractivity contribution >= 4 is 50.3 Å². The van der Waals surface area contributed by atoms with E-state index in [0.29, 0.717) is 22.0 Å². The summed E-state index contributed by atoms with van der Waals surface area (Å²) in [6.45, 7) is 0. The van der Waals surface area contributed by atoms with Crippen molar-refractivity contribution in [3.05, 3.63) is 41.7 Å². The van der Waals surface area contributed by atoms with Crippen molar-refractivity contribution in [1.82, 2.24) is 9.97 Å². The minimum atomic E-state index is 0.536. The number of nitrogens with zero attached hydrogens (tertiary/aromatic N) is 2. The highest BCUT2D eigenvalue weighted by molar-refractivity contribution is 6.38. The van der Waals surface area contributed by atoms with Crippen LogP contribution in [0.5, 0.6) is 0 Å². The van der Waals surface area contributed by atoms with E-state index in [-0.39, 0.29) is 0 Å². The molecule has 0 bridgehead atoms. The molecule has 0 aliphatic rings. The van der Waals surface area contributed by atoms with E-state index >= 15 is 0 Å². The molecule has 3 heterocycles. The second-order valence-electron chi connectivity index (χ2n) is 4.35. The molecule has 0 saturated heterocycles. The summed E-state index contributed by atoms with van der Waals surface area (Å²) >= 11 is 6.24. The van der Waals surface area contributed by atoms with Gasteiger partial charge in [-0.1, -0.05) is 11.6 Å². The summed E-state index contributed by atoms with van der Waals surface area (Å²) in [6, 6.07) is 7.31. The zero-order valence-electron chi connectivity index (χ0n) is 9.72. The van der Waals surface area contributed by atoms with Gasteiger partial charge in [0.2, 0.25) is 5.71 Å². The van der Waals surface area contributed by atoms with Gasteiger partial charge in [-0.15, -0.1) is 0 Å². The number of anilines is 1. The summed E-state index contributed by atoms with van der Waals surface area (Å²) in [7, 11) is 0. The Morgan fingerprint density at radius 3 is 3.00 bits per heavy atom. The fraction of sp³-hybridized carbons (Fsp3) is 0. The molecule has 0 amide bonds. The normalized spacial score (nSPS) is 11.6. The van der Waals surface area contributed by atoms with Gasteiger partial charge in [0.1, 0.15) is 0 Å². The number of hydrogen-bond acceptors (Lipinski definition) is 4. The molecule has 3 aromatic heterocycles. The van der Waals surface area contributed by atoms with Crippen LogP contribution in [0.4, 0.5) is 5.69 Å². The Balaban J connectivity index is 2.30. The summed E-state index contributed by atoms with van der Waals surface area (Å²) in [5, 5.41) is 3.20. The van der Waals surface area contributed by atoms with Gasteiger partial charge in [0, 0.05) is 17.8 Å². The number of benzene rings is 1. The lowest BCUT2D eigenvalue weighted by Crippen LogP contribution is -1.84. The van der Waals surface area contributed by atoms with Gasteiger partial charge in [-0.2, -0.15) is 0 Å². The Labute approximate surface area is 112 Å². The van der Waals surface area contributed by atoms with Crippen molar-refractivity contribution in [3.63, 3.8) is 0 Å². The summed E-state index contributed by atoms with van der Waals surface area (Å²) in [5.74, 6) is 0. The highest BCUT2D eigenvalue weighted by Crippen LogP contribution is 2.37. The van der Waals surface area contributed by atoms with E-state index in [1.165, 1.54) is 0 Å². The van der Waals surface area contributed by atoms with Crippen molar-refractivity contribution in [2.45, 2.75) is 0 Å². The molecule has 0 radical (unpaired) electrons. The van der Waals surface area contributed by atoms with Crippen LogP contribution in [0, 0.1) is 0 Å². The number of pyridine rings is 2. The quantitative estimate of drug-likeness (QED) is 0.494. The van der Waals surface area contributed by atoms with Crippen LogP contribution in [0.25, 0.3) is 33.0 Å². The van der Waals surface area contributed by atoms with Crippen molar-refractivity contribution in [3.8, 4) is 0 Å². The largest absolute Gasteiger partial charge is 0.435 e. The zero-order valence-corrected chi connectivity index (χ0v) is 10.5. The highest BCUT2D eigenvalue weighted by atomic mass is 35.5. The third-order valence-corrected chi connectivity index (χ3v) is 3.50. The van der Waals surface area contributed by atoms with Crippen LogP contribution in [0.2, 0.25) is 5.02 Å². The number of rotatable bonds is 0. The number of hydrogen-bond donors (Lipinski definition) is 1. The molecule has 2 N–H and O–H groups in total. The van der Waals surface area contributed by atoms with E-state index in [9.17, 15) is 0 Å². The van der Waals surface area contributed by atoms with Crippen LogP contribution < -0.4 is 5.73 Å². The first-order chi connectivity index (χ1) is 9.24. The minimum Gasteiger partial charge on any atom is -0.435 e. The minimum absolute atomic E-state index is 0.536. The average Bonchev–Trinajstić information content (AvgIpc) is 2.80. The lowest BCUT2D eigenvalue weighted by Gasteiger charge is -1.97. The Kier molecular flexibility index (Phi) is 2.00. The second kappa shape index (κ2) is 3.59. The van der Waals surface area contributed by atoms with Gasteiger partial charge in [-0.05, 0) is 24.3 Å². The third kappa shape index (κ3) is 1.40. The van der Waals surface area contributed by atoms with Gasteiger partial charge in [0.25, 0.3) is 0 Å². The molecule has 0 atom stereocenters. The summed E-state index contributed by atoms with van der Waals surface area (Å²) in [4.78, 5) is 8.57. The van der Waals surface area contributed by atoms with Gasteiger partial charge in [0.05, 0.1) is 27.0 Å². The fourth-order valence-corrected chi connectivity index (χ4v) is 2.54. The summed E-state index contributed by atoms with van der Waals surface area (Å²) in [5.41, 5.74) is 8.42. The predicted molar refractivity (Wildman–Crippen MR) is 76.2 cm³/mol. The maximum Gasteiger partial charge on any atom is 0.228 e. The molecule has 19 heavy (non-hydrogen) atoms. The van der Waals surface area contributed by atoms with E-state index in [1.54, 1.807) is 24.5 Å². The third-order valence-electron chi connectivity index (χ3n) is 3.19. The Morgan fingerprint density at radius 2 is 2.11 bits per heavy atom. The van der Waals surface area contributed by atoms with Crippen molar-refractivity contribution in [2.24, 2.45) is 0 Å². The van der Waals surface area contributed by atoms with E-state index in [1.807, 2.05) is 12.1 Å². The van der Waals surface area contributed by atoms with Crippen molar-refractivity contribution in [2.75, 3.05) is 5.73 Å². The molecule has 0 saturated carbocycles. The van der Waals surface area contributed by atoms with Gasteiger partial charge in [-0.3, -0.25) is 4.98 Å². The highest BCUT2D eigenvalue weighted by Gasteiger charge is 2.14. The number of furan rings is 1. The molecule has 4 rings (SSSR count). The zero-order chi connectivity index (χ0) is 13.0. The molecule has 92 valence electrons. The lowest BCUT2D eigenvalue weighted by molar-refractivity contribution is 0.657. The van der Waals surface area contributed by atoms with E-state index in [4.69, 9.17) is 21.8 Å². The van der Waals surface area contributed by atoms with Crippen LogP contribution in [0.3, 0.4) is 0 Å². The Bertz CT molecular complexity index is 946. The van der Waals surface area contributed by atoms with Crippen molar-refractivity contribution < 1.29 is 4.42 Å². The average molecular weight is 270 g/mol. The topological polar surface area (TPSA) is 64.9 Å². The summed E-state index contributed by atoms with van der Waals surface area (Å²) < 4.78 is 5.73. The van der Waals surface area contributed by atoms with Crippen molar-refractivity contribution in [1.29, 1.82) is 0 Å². The Hall–Kier alpha value is -2.33.